The maximum Gasteiger partial charge on any atom is 0.408 e. The monoisotopic (exact) mass is 342 g/mol. The maximum absolute atomic E-state index is 12.3. The van der Waals surface area contributed by atoms with Crippen LogP contribution in [0.3, 0.4) is 0 Å². The van der Waals surface area contributed by atoms with E-state index >= 15 is 0 Å². The Morgan fingerprint density at radius 1 is 1.46 bits per heavy atom. The highest BCUT2D eigenvalue weighted by Crippen LogP contribution is 2.27. The molecule has 1 fully saturated rings. The Labute approximate surface area is 136 Å². The van der Waals surface area contributed by atoms with E-state index in [1.807, 2.05) is 13.2 Å². The van der Waals surface area contributed by atoms with E-state index in [9.17, 15) is 18.0 Å². The second-order valence-corrected chi connectivity index (χ2v) is 5.82. The fourth-order valence-electron chi connectivity index (χ4n) is 2.76. The second-order valence-electron chi connectivity index (χ2n) is 5.82. The summed E-state index contributed by atoms with van der Waals surface area (Å²) in [4.78, 5) is 13.8. The zero-order valence-corrected chi connectivity index (χ0v) is 13.0. The van der Waals surface area contributed by atoms with Crippen molar-refractivity contribution in [3.63, 3.8) is 0 Å². The molecule has 130 valence electrons. The minimum Gasteiger partial charge on any atom is -0.324 e. The highest BCUT2D eigenvalue weighted by molar-refractivity contribution is 5.88. The van der Waals surface area contributed by atoms with E-state index in [1.54, 1.807) is 15.8 Å². The molecule has 3 rings (SSSR count). The molecule has 0 spiro atoms. The zero-order chi connectivity index (χ0) is 17.3. The van der Waals surface area contributed by atoms with Gasteiger partial charge in [-0.1, -0.05) is 0 Å². The number of nitrogens with one attached hydrogen (secondary N) is 1. The van der Waals surface area contributed by atoms with Crippen molar-refractivity contribution in [2.24, 2.45) is 7.05 Å². The standard InChI is InChI=1S/C14H17F3N6O/c1-21-7-11(6-18-21)10-2-4-22(8-10)13(24)19-12-3-5-23(20-12)9-14(15,16)17/h3,5-7,10H,2,4,8-9H2,1H3,(H,19,20,24). The largest absolute Gasteiger partial charge is 0.408 e. The van der Waals surface area contributed by atoms with E-state index < -0.39 is 12.7 Å². The maximum atomic E-state index is 12.3. The molecule has 10 heteroatoms. The summed E-state index contributed by atoms with van der Waals surface area (Å²) in [6.07, 6.45) is 1.36. The van der Waals surface area contributed by atoms with Gasteiger partial charge in [-0.15, -0.1) is 0 Å². The molecule has 0 saturated carbocycles. The van der Waals surface area contributed by atoms with Gasteiger partial charge < -0.3 is 4.90 Å². The normalized spacial score (nSPS) is 18.2. The summed E-state index contributed by atoms with van der Waals surface area (Å²) in [7, 11) is 1.83. The van der Waals surface area contributed by atoms with Gasteiger partial charge in [-0.3, -0.25) is 14.7 Å². The van der Waals surface area contributed by atoms with Crippen LogP contribution in [0, 0.1) is 0 Å². The molecule has 1 saturated heterocycles. The first-order chi connectivity index (χ1) is 11.3. The number of hydrogen-bond acceptors (Lipinski definition) is 3. The highest BCUT2D eigenvalue weighted by Gasteiger charge is 2.30. The van der Waals surface area contributed by atoms with E-state index in [2.05, 4.69) is 15.5 Å². The van der Waals surface area contributed by atoms with Gasteiger partial charge in [-0.2, -0.15) is 23.4 Å². The molecule has 1 aliphatic rings. The van der Waals surface area contributed by atoms with Gasteiger partial charge in [0.2, 0.25) is 0 Å². The predicted octanol–water partition coefficient (Wildman–Crippen LogP) is 2.20. The lowest BCUT2D eigenvalue weighted by Crippen LogP contribution is -2.33. The number of alkyl halides is 3. The quantitative estimate of drug-likeness (QED) is 0.930. The number of rotatable bonds is 3. The summed E-state index contributed by atoms with van der Waals surface area (Å²) in [6, 6.07) is 0.983. The average Bonchev–Trinajstić information content (AvgIpc) is 3.17. The lowest BCUT2D eigenvalue weighted by atomic mass is 10.0. The number of aromatic nitrogens is 4. The number of aryl methyl sites for hydroxylation is 1. The summed E-state index contributed by atoms with van der Waals surface area (Å²) in [5, 5.41) is 10.4. The number of urea groups is 1. The van der Waals surface area contributed by atoms with Gasteiger partial charge >= 0.3 is 12.2 Å². The van der Waals surface area contributed by atoms with E-state index in [-0.39, 0.29) is 17.8 Å². The first kappa shape index (κ1) is 16.3. The second kappa shape index (κ2) is 6.17. The van der Waals surface area contributed by atoms with Gasteiger partial charge in [-0.05, 0) is 12.0 Å². The van der Waals surface area contributed by atoms with E-state index in [0.717, 1.165) is 16.7 Å². The predicted molar refractivity (Wildman–Crippen MR) is 79.4 cm³/mol. The molecule has 2 aromatic rings. The molecule has 0 aliphatic carbocycles. The number of carbonyl (C=O) groups is 1. The third kappa shape index (κ3) is 3.87. The van der Waals surface area contributed by atoms with Crippen LogP contribution in [-0.4, -0.2) is 49.8 Å². The molecular formula is C14H17F3N6O. The first-order valence-electron chi connectivity index (χ1n) is 7.45. The van der Waals surface area contributed by atoms with Crippen LogP contribution >= 0.6 is 0 Å². The summed E-state index contributed by atoms with van der Waals surface area (Å²) in [6.45, 7) is -0.0644. The number of amides is 2. The van der Waals surface area contributed by atoms with Crippen molar-refractivity contribution in [1.82, 2.24) is 24.5 Å². The van der Waals surface area contributed by atoms with E-state index in [1.165, 1.54) is 12.3 Å². The summed E-state index contributed by atoms with van der Waals surface area (Å²) in [5.41, 5.74) is 1.07. The van der Waals surface area contributed by atoms with Crippen LogP contribution < -0.4 is 5.32 Å². The molecule has 24 heavy (non-hydrogen) atoms. The van der Waals surface area contributed by atoms with Crippen LogP contribution in [-0.2, 0) is 13.6 Å². The van der Waals surface area contributed by atoms with Gasteiger partial charge in [0.25, 0.3) is 0 Å². The Morgan fingerprint density at radius 2 is 2.25 bits per heavy atom. The lowest BCUT2D eigenvalue weighted by molar-refractivity contribution is -0.142. The van der Waals surface area contributed by atoms with Gasteiger partial charge in [0, 0.05) is 44.5 Å². The zero-order valence-electron chi connectivity index (χ0n) is 13.0. The molecule has 0 aromatic carbocycles. The van der Waals surface area contributed by atoms with Crippen molar-refractivity contribution < 1.29 is 18.0 Å². The van der Waals surface area contributed by atoms with Gasteiger partial charge in [0.15, 0.2) is 5.82 Å². The van der Waals surface area contributed by atoms with Crippen molar-refractivity contribution >= 4 is 11.8 Å². The molecular weight excluding hydrogens is 325 g/mol. The number of hydrogen-bond donors (Lipinski definition) is 1. The fourth-order valence-corrected chi connectivity index (χ4v) is 2.76. The molecule has 3 heterocycles. The molecule has 1 unspecified atom stereocenters. The van der Waals surface area contributed by atoms with Gasteiger partial charge in [-0.25, -0.2) is 4.79 Å². The van der Waals surface area contributed by atoms with Crippen LogP contribution in [0.5, 0.6) is 0 Å². The summed E-state index contributed by atoms with van der Waals surface area (Å²) in [5.74, 6) is 0.321. The van der Waals surface area contributed by atoms with Crippen LogP contribution in [0.15, 0.2) is 24.7 Å². The average molecular weight is 342 g/mol. The molecule has 2 amide bonds. The Hall–Kier alpha value is -2.52. The Bertz CT molecular complexity index is 722. The molecule has 1 aliphatic heterocycles. The summed E-state index contributed by atoms with van der Waals surface area (Å²) >= 11 is 0. The number of nitrogens with zero attached hydrogens (tertiary/aromatic N) is 5. The minimum absolute atomic E-state index is 0.106. The number of likely N-dealkylation sites (tertiary alicyclic amines) is 1. The molecule has 2 aromatic heterocycles. The van der Waals surface area contributed by atoms with Gasteiger partial charge in [0.05, 0.1) is 6.20 Å². The van der Waals surface area contributed by atoms with E-state index in [4.69, 9.17) is 0 Å². The highest BCUT2D eigenvalue weighted by atomic mass is 19.4. The Balaban J connectivity index is 1.56. The first-order valence-corrected chi connectivity index (χ1v) is 7.45. The third-order valence-corrected chi connectivity index (χ3v) is 3.89. The number of carbonyl (C=O) groups excluding carboxylic acids is 1. The Kier molecular flexibility index (Phi) is 4.20. The molecule has 7 nitrogen and oxygen atoms in total. The number of halogens is 3. The summed E-state index contributed by atoms with van der Waals surface area (Å²) < 4.78 is 39.4. The third-order valence-electron chi connectivity index (χ3n) is 3.89. The van der Waals surface area contributed by atoms with Crippen molar-refractivity contribution in [1.29, 1.82) is 0 Å². The number of anilines is 1. The topological polar surface area (TPSA) is 68.0 Å². The van der Waals surface area contributed by atoms with Crippen molar-refractivity contribution in [3.05, 3.63) is 30.2 Å². The minimum atomic E-state index is -4.35. The smallest absolute Gasteiger partial charge is 0.324 e. The fraction of sp³-hybridized carbons (Fsp3) is 0.500. The van der Waals surface area contributed by atoms with Crippen molar-refractivity contribution in [2.75, 3.05) is 18.4 Å². The lowest BCUT2D eigenvalue weighted by Gasteiger charge is -2.16. The van der Waals surface area contributed by atoms with E-state index in [0.29, 0.717) is 13.1 Å². The molecule has 0 radical (unpaired) electrons. The van der Waals surface area contributed by atoms with Crippen LogP contribution in [0.2, 0.25) is 0 Å². The van der Waals surface area contributed by atoms with Crippen molar-refractivity contribution in [3.8, 4) is 0 Å². The van der Waals surface area contributed by atoms with Crippen LogP contribution in [0.4, 0.5) is 23.8 Å². The molecule has 1 atom stereocenters. The molecule has 1 N–H and O–H groups in total. The van der Waals surface area contributed by atoms with Crippen molar-refractivity contribution in [2.45, 2.75) is 25.1 Å². The Morgan fingerprint density at radius 3 is 2.92 bits per heavy atom. The van der Waals surface area contributed by atoms with Crippen LogP contribution in [0.1, 0.15) is 17.9 Å². The SMILES string of the molecule is Cn1cc(C2CCN(C(=O)Nc3ccn(CC(F)(F)F)n3)C2)cn1. The van der Waals surface area contributed by atoms with Crippen LogP contribution in [0.25, 0.3) is 0 Å². The molecule has 0 bridgehead atoms. The van der Waals surface area contributed by atoms with Gasteiger partial charge in [0.1, 0.15) is 6.54 Å².